The Morgan fingerprint density at radius 2 is 1.47 bits per heavy atom. The molecule has 0 fully saturated rings. The van der Waals surface area contributed by atoms with Crippen molar-refractivity contribution in [2.75, 3.05) is 4.31 Å². The van der Waals surface area contributed by atoms with E-state index in [4.69, 9.17) is 0 Å². The monoisotopic (exact) mass is 415 g/mol. The van der Waals surface area contributed by atoms with Crippen molar-refractivity contribution in [2.24, 2.45) is 0 Å². The fourth-order valence-electron chi connectivity index (χ4n) is 2.75. The molecule has 0 aliphatic carbocycles. The highest BCUT2D eigenvalue weighted by Gasteiger charge is 2.32. The molecule has 30 heavy (non-hydrogen) atoms. The predicted octanol–water partition coefficient (Wildman–Crippen LogP) is 4.69. The third-order valence-electron chi connectivity index (χ3n) is 4.35. The van der Waals surface area contributed by atoms with Crippen LogP contribution in [0.4, 0.5) is 5.69 Å². The van der Waals surface area contributed by atoms with Crippen LogP contribution in [0.2, 0.25) is 0 Å². The molecule has 0 aromatic heterocycles. The van der Waals surface area contributed by atoms with Crippen molar-refractivity contribution in [1.82, 2.24) is 0 Å². The summed E-state index contributed by atoms with van der Waals surface area (Å²) in [7, 11) is -4.17. The summed E-state index contributed by atoms with van der Waals surface area (Å²) in [5.41, 5.74) is 2.42. The molecule has 3 aromatic rings. The summed E-state index contributed by atoms with van der Waals surface area (Å²) in [6.07, 6.45) is 0. The zero-order chi connectivity index (χ0) is 21.7. The second-order valence-electron chi connectivity index (χ2n) is 6.80. The van der Waals surface area contributed by atoms with Gasteiger partial charge in [0.1, 0.15) is 0 Å². The molecule has 0 radical (unpaired) electrons. The van der Waals surface area contributed by atoms with Gasteiger partial charge in [-0.2, -0.15) is 4.31 Å². The summed E-state index contributed by atoms with van der Waals surface area (Å²) in [4.78, 5) is 13.0. The van der Waals surface area contributed by atoms with E-state index in [0.717, 1.165) is 15.4 Å². The van der Waals surface area contributed by atoms with E-state index in [2.05, 4.69) is 18.4 Å². The van der Waals surface area contributed by atoms with Gasteiger partial charge in [-0.15, -0.1) is 0 Å². The number of anilines is 1. The minimum Gasteiger partial charge on any atom is -0.268 e. The fourth-order valence-corrected chi connectivity index (χ4v) is 4.24. The minimum atomic E-state index is -4.17. The first-order valence-electron chi connectivity index (χ1n) is 9.28. The molecule has 3 rings (SSSR count). The molecule has 0 spiro atoms. The fraction of sp³-hybridized carbons (Fsp3) is 0.0800. The first-order chi connectivity index (χ1) is 14.3. The summed E-state index contributed by atoms with van der Waals surface area (Å²) >= 11 is 0. The summed E-state index contributed by atoms with van der Waals surface area (Å²) in [5, 5.41) is 0. The maximum absolute atomic E-state index is 13.4. The number of amides is 1. The van der Waals surface area contributed by atoms with E-state index in [1.807, 2.05) is 37.3 Å². The van der Waals surface area contributed by atoms with E-state index >= 15 is 0 Å². The molecule has 0 saturated carbocycles. The van der Waals surface area contributed by atoms with Gasteiger partial charge >= 0.3 is 0 Å². The standard InChI is InChI=1S/C25H21NO3S/c1-19(2)25(27)26(30(28,29)23-17-13-20(3)14-18-23)24-12-8-7-11-22(24)16-15-21-9-5-4-6-10-21/h4-14,17-18H,1H2,2-3H3. The molecule has 150 valence electrons. The lowest BCUT2D eigenvalue weighted by molar-refractivity contribution is -0.114. The highest BCUT2D eigenvalue weighted by atomic mass is 32.2. The molecule has 0 aliphatic heterocycles. The first-order valence-corrected chi connectivity index (χ1v) is 10.7. The van der Waals surface area contributed by atoms with Crippen LogP contribution in [0.15, 0.2) is 95.9 Å². The number of benzene rings is 3. The Bertz CT molecular complexity index is 1250. The summed E-state index contributed by atoms with van der Waals surface area (Å²) in [6.45, 7) is 7.00. The van der Waals surface area contributed by atoms with Crippen LogP contribution >= 0.6 is 0 Å². The molecule has 0 heterocycles. The number of hydrogen-bond acceptors (Lipinski definition) is 3. The Kier molecular flexibility index (Phi) is 6.20. The Hall–Kier alpha value is -3.62. The number of para-hydroxylation sites is 1. The Morgan fingerprint density at radius 1 is 0.867 bits per heavy atom. The molecule has 0 atom stereocenters. The van der Waals surface area contributed by atoms with Gasteiger partial charge in [0.2, 0.25) is 0 Å². The van der Waals surface area contributed by atoms with Crippen molar-refractivity contribution in [1.29, 1.82) is 0 Å². The average Bonchev–Trinajstić information content (AvgIpc) is 2.74. The Morgan fingerprint density at radius 3 is 2.10 bits per heavy atom. The van der Waals surface area contributed by atoms with Gasteiger partial charge in [-0.1, -0.05) is 66.4 Å². The maximum atomic E-state index is 13.4. The van der Waals surface area contributed by atoms with Crippen molar-refractivity contribution < 1.29 is 13.2 Å². The van der Waals surface area contributed by atoms with Crippen molar-refractivity contribution >= 4 is 21.6 Å². The topological polar surface area (TPSA) is 54.5 Å². The number of hydrogen-bond donors (Lipinski definition) is 0. The molecule has 5 heteroatoms. The number of nitrogens with zero attached hydrogens (tertiary/aromatic N) is 1. The van der Waals surface area contributed by atoms with Crippen LogP contribution in [0.5, 0.6) is 0 Å². The number of sulfonamides is 1. The van der Waals surface area contributed by atoms with E-state index in [1.54, 1.807) is 36.4 Å². The molecule has 0 aliphatic rings. The van der Waals surface area contributed by atoms with Crippen molar-refractivity contribution in [2.45, 2.75) is 18.7 Å². The SMILES string of the molecule is C=C(C)C(=O)N(c1ccccc1C#Cc1ccccc1)S(=O)(=O)c1ccc(C)cc1. The van der Waals surface area contributed by atoms with Crippen LogP contribution in [0, 0.1) is 18.8 Å². The van der Waals surface area contributed by atoms with Crippen molar-refractivity contribution in [3.8, 4) is 11.8 Å². The molecule has 0 bridgehead atoms. The van der Waals surface area contributed by atoms with Crippen LogP contribution < -0.4 is 4.31 Å². The molecule has 0 N–H and O–H groups in total. The summed E-state index contributed by atoms with van der Waals surface area (Å²) < 4.78 is 27.7. The zero-order valence-electron chi connectivity index (χ0n) is 16.8. The molecule has 4 nitrogen and oxygen atoms in total. The average molecular weight is 416 g/mol. The summed E-state index contributed by atoms with van der Waals surface area (Å²) in [5.74, 6) is 5.31. The molecular formula is C25H21NO3S. The van der Waals surface area contributed by atoms with Gasteiger partial charge in [-0.05, 0) is 50.2 Å². The van der Waals surface area contributed by atoms with E-state index in [-0.39, 0.29) is 16.2 Å². The van der Waals surface area contributed by atoms with E-state index in [0.29, 0.717) is 5.56 Å². The van der Waals surface area contributed by atoms with E-state index < -0.39 is 15.9 Å². The molecule has 0 unspecified atom stereocenters. The Labute approximate surface area is 177 Å². The molecule has 1 amide bonds. The van der Waals surface area contributed by atoms with Crippen LogP contribution in [-0.4, -0.2) is 14.3 Å². The maximum Gasteiger partial charge on any atom is 0.271 e. The van der Waals surface area contributed by atoms with Crippen molar-refractivity contribution in [3.05, 3.63) is 108 Å². The second kappa shape index (κ2) is 8.81. The predicted molar refractivity (Wildman–Crippen MR) is 120 cm³/mol. The minimum absolute atomic E-state index is 0.0218. The number of carbonyl (C=O) groups excluding carboxylic acids is 1. The highest BCUT2D eigenvalue weighted by Crippen LogP contribution is 2.28. The molecule has 3 aromatic carbocycles. The van der Waals surface area contributed by atoms with Gasteiger partial charge in [0.05, 0.1) is 10.6 Å². The quantitative estimate of drug-likeness (QED) is 0.459. The summed E-state index contributed by atoms with van der Waals surface area (Å²) in [6, 6.07) is 22.4. The van der Waals surface area contributed by atoms with Crippen LogP contribution in [0.25, 0.3) is 0 Å². The second-order valence-corrected chi connectivity index (χ2v) is 8.59. The lowest BCUT2D eigenvalue weighted by atomic mass is 10.1. The largest absolute Gasteiger partial charge is 0.271 e. The first kappa shape index (κ1) is 21.1. The Balaban J connectivity index is 2.17. The number of carbonyl (C=O) groups is 1. The van der Waals surface area contributed by atoms with Gasteiger partial charge in [0.25, 0.3) is 15.9 Å². The van der Waals surface area contributed by atoms with Crippen LogP contribution in [0.3, 0.4) is 0 Å². The van der Waals surface area contributed by atoms with Gasteiger partial charge in [0, 0.05) is 16.7 Å². The smallest absolute Gasteiger partial charge is 0.268 e. The van der Waals surface area contributed by atoms with Crippen molar-refractivity contribution in [3.63, 3.8) is 0 Å². The molecular weight excluding hydrogens is 394 g/mol. The lowest BCUT2D eigenvalue weighted by Crippen LogP contribution is -2.37. The number of rotatable bonds is 4. The van der Waals surface area contributed by atoms with Gasteiger partial charge < -0.3 is 0 Å². The van der Waals surface area contributed by atoms with E-state index in [9.17, 15) is 13.2 Å². The molecule has 0 saturated heterocycles. The zero-order valence-corrected chi connectivity index (χ0v) is 17.6. The van der Waals surface area contributed by atoms with E-state index in [1.165, 1.54) is 19.1 Å². The number of aryl methyl sites for hydroxylation is 1. The third-order valence-corrected chi connectivity index (χ3v) is 6.06. The van der Waals surface area contributed by atoms with Gasteiger partial charge in [0.15, 0.2) is 0 Å². The normalized spacial score (nSPS) is 10.6. The highest BCUT2D eigenvalue weighted by molar-refractivity contribution is 7.93. The van der Waals surface area contributed by atoms with Crippen LogP contribution in [-0.2, 0) is 14.8 Å². The third kappa shape index (κ3) is 4.51. The van der Waals surface area contributed by atoms with Gasteiger partial charge in [-0.3, -0.25) is 4.79 Å². The van der Waals surface area contributed by atoms with Gasteiger partial charge in [-0.25, -0.2) is 8.42 Å². The van der Waals surface area contributed by atoms with Crippen LogP contribution in [0.1, 0.15) is 23.6 Å². The lowest BCUT2D eigenvalue weighted by Gasteiger charge is -2.24.